The number of amides is 2. The van der Waals surface area contributed by atoms with Gasteiger partial charge in [-0.15, -0.1) is 0 Å². The Morgan fingerprint density at radius 1 is 0.203 bits per heavy atom. The molecule has 1 unspecified atom stereocenters. The van der Waals surface area contributed by atoms with E-state index in [0.717, 1.165) is 13.8 Å². The lowest BCUT2D eigenvalue weighted by molar-refractivity contribution is -0.408. The Balaban J connectivity index is 0.961. The zero-order valence-electron chi connectivity index (χ0n) is 67.7. The van der Waals surface area contributed by atoms with Gasteiger partial charge in [0, 0.05) is 13.8 Å². The van der Waals surface area contributed by atoms with Crippen LogP contribution in [-0.2, 0) is 109 Å². The third-order valence-corrected chi connectivity index (χ3v) is 23.8. The monoisotopic (exact) mass is 1880 g/mol. The van der Waals surface area contributed by atoms with Crippen LogP contribution in [0.15, 0.2) is 0 Å². The predicted octanol–water partition coefficient (Wildman–Crippen LogP) is -24.7. The maximum atomic E-state index is 13.1. The van der Waals surface area contributed by atoms with E-state index < -0.39 is 422 Å². The summed E-state index contributed by atoms with van der Waals surface area (Å²) in [5, 5.41) is 372. The molecule has 0 saturated carbocycles. The molecule has 11 aliphatic rings. The molecule has 0 spiro atoms. The topological polar surface area (TPSA) is 920 Å². The Kier molecular flexibility index (Phi) is 37.7. The molecule has 0 bridgehead atoms. The van der Waals surface area contributed by atoms with Crippen molar-refractivity contribution < 1.29 is 278 Å². The first-order valence-corrected chi connectivity index (χ1v) is 40.7. The highest BCUT2D eigenvalue weighted by Crippen LogP contribution is 2.42. The van der Waals surface area contributed by atoms with Crippen LogP contribution in [0.3, 0.4) is 0 Å². The molecule has 11 rings (SSSR count). The van der Waals surface area contributed by atoms with Gasteiger partial charge < -0.3 is 279 Å². The standard InChI is InChI=1S/C70H118N2O56/c1-14(82)71-27-38(93)52(23(10-80)110-60(27)107)121-61-28(72-15(2)83)39(94)53(24(11-81)118-61)122-66-51(106)55(124-69-59(46(101)35(90)21(8-78)116-69)128-70-58(45(100)34(89)22(9-79)117-70)127-65-49(104)42(97)31(86)18(5-75)113-65)37(92)26(120-66)12-108-62-50(105)54(123-68-57(44(99)33(88)20(7-77)115-68)126-64-48(103)41(96)30(85)17(4-74)112-64)36(91)25(119-62)13-109-67-56(43(98)32(87)19(6-76)114-67)125-63-47(102)40(95)29(84)16(3-73)111-63/h16-70,73-81,84-107H,3-13H2,1-2H3,(H,71,82)(H,72,83)/t16-,17-,18-,19-,20-,21-,22-,23-,24-,25-,26-,27-,28-,29-,30-,31-,32-,33-,34-,35-,36-,37-,38-,39-,40+,41+,42+,43+,44+,45+,46+,47+,48+,49+,50+,51+,52-,53-,54+,55+,56+,57+,58+,59+,60?,61+,62+,63-,64-,65-,66-,67+,68-,69-,70-/m1/s1. The van der Waals surface area contributed by atoms with Crippen LogP contribution in [0.1, 0.15) is 13.8 Å². The van der Waals surface area contributed by atoms with Gasteiger partial charge in [-0.2, -0.15) is 0 Å². The van der Waals surface area contributed by atoms with E-state index in [2.05, 4.69) is 10.6 Å². The number of nitrogens with one attached hydrogen (secondary N) is 2. The van der Waals surface area contributed by atoms with Gasteiger partial charge in [0.25, 0.3) is 0 Å². The molecule has 0 aliphatic carbocycles. The first-order chi connectivity index (χ1) is 60.7. The lowest BCUT2D eigenvalue weighted by Gasteiger charge is -2.51. The summed E-state index contributed by atoms with van der Waals surface area (Å²) in [7, 11) is 0. The van der Waals surface area contributed by atoms with Gasteiger partial charge in [0.15, 0.2) is 69.2 Å². The second kappa shape index (κ2) is 45.8. The molecular formula is C70H118N2O56. The number of hydrogen-bond acceptors (Lipinski definition) is 56. The molecule has 11 heterocycles. The summed E-state index contributed by atoms with van der Waals surface area (Å²) in [6, 6.07) is -3.71. The summed E-state index contributed by atoms with van der Waals surface area (Å²) in [5.41, 5.74) is 0. The number of hydrogen-bond donors (Lipinski definition) is 35. The summed E-state index contributed by atoms with van der Waals surface area (Å²) in [6.45, 7) is -10.9. The Morgan fingerprint density at radius 3 is 0.773 bits per heavy atom. The van der Waals surface area contributed by atoms with Crippen molar-refractivity contribution >= 4 is 11.8 Å². The van der Waals surface area contributed by atoms with Crippen molar-refractivity contribution in [3.05, 3.63) is 0 Å². The van der Waals surface area contributed by atoms with Crippen molar-refractivity contribution in [2.75, 3.05) is 72.7 Å². The van der Waals surface area contributed by atoms with Gasteiger partial charge >= 0.3 is 0 Å². The lowest BCUT2D eigenvalue weighted by Crippen LogP contribution is -2.70. The maximum absolute atomic E-state index is 13.1. The van der Waals surface area contributed by atoms with Crippen LogP contribution < -0.4 is 10.6 Å². The quantitative estimate of drug-likeness (QED) is 0.0290. The second-order valence-electron chi connectivity index (χ2n) is 32.3. The SMILES string of the molecule is CC(=O)N[C@H]1[C@H](O[C@H]2[C@H](O)[C@@H](NC(C)=O)C(O)O[C@@H]2CO)O[C@H](CO)[C@@H](O[C@H]2O[C@H](CO[C@H]3O[C@H](CO[C@H]4O[C@H](CO)[C@@H](O)[C@H](O)[C@@H]4O[C@H]4O[C@H](CO)[C@@H](O)[C@H](O)[C@@H]4O)[C@@H](O)[C@H](O[C@H]4O[C@H](CO)[C@@H](O)[C@H](O)[C@@H]4O[C@H]4O[C@H](CO)[C@@H](O)[C@H](O)[C@@H]4O)[C@@H]3O)[C@@H](O)[C@H](O[C@H]3O[C@H](CO)[C@@H](O)[C@H](O)[C@@H]3O[C@H]3O[C@H](CO)[C@@H](O)[C@H](O)[C@@H]3O[C@H]3O[C@H](CO)[C@@H](O)[C@H](O)[C@@H]3O)[C@@H]2O)[C@@H]1O. The third-order valence-electron chi connectivity index (χ3n) is 23.8. The van der Waals surface area contributed by atoms with E-state index in [1.165, 1.54) is 0 Å². The van der Waals surface area contributed by atoms with Gasteiger partial charge in [0.05, 0.1) is 72.7 Å². The molecule has 744 valence electrons. The number of rotatable bonds is 33. The van der Waals surface area contributed by atoms with Crippen molar-refractivity contribution in [1.82, 2.24) is 10.6 Å². The summed E-state index contributed by atoms with van der Waals surface area (Å²) in [6.07, 6.45) is -117. The fourth-order valence-corrected chi connectivity index (χ4v) is 16.5. The summed E-state index contributed by atoms with van der Waals surface area (Å²) < 4.78 is 124. The molecule has 0 aromatic heterocycles. The van der Waals surface area contributed by atoms with Crippen LogP contribution in [-0.4, -0.2) is 591 Å². The van der Waals surface area contributed by atoms with Crippen LogP contribution in [0.25, 0.3) is 0 Å². The Morgan fingerprint density at radius 2 is 0.430 bits per heavy atom. The number of carbonyl (C=O) groups is 2. The largest absolute Gasteiger partial charge is 0.394 e. The molecule has 11 fully saturated rings. The molecule has 128 heavy (non-hydrogen) atoms. The zero-order chi connectivity index (χ0) is 94.0. The predicted molar refractivity (Wildman–Crippen MR) is 386 cm³/mol. The molecular weight excluding hydrogens is 1760 g/mol. The van der Waals surface area contributed by atoms with Gasteiger partial charge in [-0.25, -0.2) is 0 Å². The molecule has 11 aliphatic heterocycles. The van der Waals surface area contributed by atoms with Crippen molar-refractivity contribution in [2.24, 2.45) is 0 Å². The van der Waals surface area contributed by atoms with Crippen LogP contribution >= 0.6 is 0 Å². The first kappa shape index (κ1) is 105. The van der Waals surface area contributed by atoms with E-state index >= 15 is 0 Å². The first-order valence-electron chi connectivity index (χ1n) is 40.7. The average molecular weight is 1880 g/mol. The minimum atomic E-state index is -2.69. The third kappa shape index (κ3) is 22.5. The van der Waals surface area contributed by atoms with Gasteiger partial charge in [-0.3, -0.25) is 9.59 Å². The van der Waals surface area contributed by atoms with E-state index in [1.54, 1.807) is 0 Å². The number of aliphatic hydroxyl groups excluding tert-OH is 33. The van der Waals surface area contributed by atoms with Crippen LogP contribution in [0, 0.1) is 0 Å². The van der Waals surface area contributed by atoms with Crippen molar-refractivity contribution in [1.29, 1.82) is 0 Å². The molecule has 58 heteroatoms. The average Bonchev–Trinajstić information content (AvgIpc) is 0.767. The van der Waals surface area contributed by atoms with Crippen LogP contribution in [0.2, 0.25) is 0 Å². The van der Waals surface area contributed by atoms with E-state index in [9.17, 15) is 178 Å². The van der Waals surface area contributed by atoms with E-state index in [-0.39, 0.29) is 0 Å². The van der Waals surface area contributed by atoms with Gasteiger partial charge in [-0.1, -0.05) is 0 Å². The smallest absolute Gasteiger partial charge is 0.217 e. The number of ether oxygens (including phenoxy) is 21. The Labute approximate surface area is 722 Å². The Hall–Kier alpha value is -3.22. The van der Waals surface area contributed by atoms with Crippen molar-refractivity contribution in [2.45, 2.75) is 351 Å². The van der Waals surface area contributed by atoms with Crippen molar-refractivity contribution in [3.8, 4) is 0 Å². The molecule has 0 aromatic carbocycles. The molecule has 55 atom stereocenters. The normalized spacial score (nSPS) is 51.7. The molecule has 11 saturated heterocycles. The highest BCUT2D eigenvalue weighted by molar-refractivity contribution is 5.73. The van der Waals surface area contributed by atoms with Gasteiger partial charge in [0.1, 0.15) is 268 Å². The van der Waals surface area contributed by atoms with E-state index in [0.29, 0.717) is 0 Å². The molecule has 2 amide bonds. The zero-order valence-corrected chi connectivity index (χ0v) is 67.7. The summed E-state index contributed by atoms with van der Waals surface area (Å²) >= 11 is 0. The van der Waals surface area contributed by atoms with E-state index in [4.69, 9.17) is 99.5 Å². The molecule has 35 N–H and O–H groups in total. The molecule has 58 nitrogen and oxygen atoms in total. The minimum absolute atomic E-state index is 0.824. The number of aliphatic hydroxyl groups is 33. The Bertz CT molecular complexity index is 3380. The summed E-state index contributed by atoms with van der Waals surface area (Å²) in [4.78, 5) is 25.4. The van der Waals surface area contributed by atoms with Crippen LogP contribution in [0.5, 0.6) is 0 Å². The van der Waals surface area contributed by atoms with Crippen molar-refractivity contribution in [3.63, 3.8) is 0 Å². The minimum Gasteiger partial charge on any atom is -0.394 e. The fourth-order valence-electron chi connectivity index (χ4n) is 16.5. The fraction of sp³-hybridized carbons (Fsp3) is 0.971. The number of carbonyl (C=O) groups excluding carboxylic acids is 2. The van der Waals surface area contributed by atoms with Gasteiger partial charge in [0.2, 0.25) is 11.8 Å². The second-order valence-corrected chi connectivity index (χ2v) is 32.3. The van der Waals surface area contributed by atoms with Gasteiger partial charge in [-0.05, 0) is 0 Å². The molecule has 0 radical (unpaired) electrons. The maximum Gasteiger partial charge on any atom is 0.217 e. The lowest BCUT2D eigenvalue weighted by atomic mass is 9.94. The summed E-state index contributed by atoms with van der Waals surface area (Å²) in [5.74, 6) is -1.82. The highest BCUT2D eigenvalue weighted by atomic mass is 16.8. The highest BCUT2D eigenvalue weighted by Gasteiger charge is 2.62. The van der Waals surface area contributed by atoms with Crippen LogP contribution in [0.4, 0.5) is 0 Å². The molecule has 0 aromatic rings. The van der Waals surface area contributed by atoms with E-state index in [1.807, 2.05) is 0 Å².